The number of carbonyl (C=O) groups excluding carboxylic acids is 2. The normalized spacial score (nSPS) is 25.4. The van der Waals surface area contributed by atoms with Crippen LogP contribution in [0.2, 0.25) is 0 Å². The Hall–Kier alpha value is -2.45. The SMILES string of the molecule is CCOc1cc(C=NN2C(=O)[C@@H]3[C@H](C2=O)[C@H]2C=C[C@H]3C2)cc(Br)c1OCc1ccc(Br)cc1. The first kappa shape index (κ1) is 22.3. The molecule has 0 unspecified atom stereocenters. The van der Waals surface area contributed by atoms with E-state index < -0.39 is 0 Å². The minimum Gasteiger partial charge on any atom is -0.490 e. The average molecular weight is 574 g/mol. The van der Waals surface area contributed by atoms with Gasteiger partial charge >= 0.3 is 0 Å². The van der Waals surface area contributed by atoms with E-state index >= 15 is 0 Å². The number of ether oxygens (including phenoxy) is 2. The summed E-state index contributed by atoms with van der Waals surface area (Å²) in [6.45, 7) is 2.75. The van der Waals surface area contributed by atoms with E-state index in [2.05, 4.69) is 49.1 Å². The molecule has 2 aromatic rings. The zero-order valence-electron chi connectivity index (χ0n) is 17.9. The van der Waals surface area contributed by atoms with E-state index in [-0.39, 0.29) is 35.5 Å². The molecule has 2 amide bonds. The van der Waals surface area contributed by atoms with Gasteiger partial charge in [0.2, 0.25) is 0 Å². The Morgan fingerprint density at radius 3 is 2.33 bits per heavy atom. The van der Waals surface area contributed by atoms with E-state index in [1.54, 1.807) is 6.07 Å². The van der Waals surface area contributed by atoms with Crippen LogP contribution in [-0.2, 0) is 16.2 Å². The van der Waals surface area contributed by atoms with Gasteiger partial charge in [0.05, 0.1) is 29.1 Å². The fourth-order valence-corrected chi connectivity index (χ4v) is 5.76. The van der Waals surface area contributed by atoms with Crippen LogP contribution in [-0.4, -0.2) is 29.6 Å². The average Bonchev–Trinajstić information content (AvgIpc) is 3.47. The summed E-state index contributed by atoms with van der Waals surface area (Å²) >= 11 is 7.00. The Morgan fingerprint density at radius 2 is 1.70 bits per heavy atom. The van der Waals surface area contributed by atoms with Gasteiger partial charge in [-0.2, -0.15) is 10.1 Å². The molecule has 1 heterocycles. The van der Waals surface area contributed by atoms with Crippen molar-refractivity contribution in [2.75, 3.05) is 6.61 Å². The molecule has 3 aliphatic rings. The van der Waals surface area contributed by atoms with Crippen LogP contribution in [0, 0.1) is 23.7 Å². The second-order valence-corrected chi connectivity index (χ2v) is 10.2. The third-order valence-corrected chi connectivity index (χ3v) is 7.52. The highest BCUT2D eigenvalue weighted by molar-refractivity contribution is 9.10. The summed E-state index contributed by atoms with van der Waals surface area (Å²) in [6.07, 6.45) is 6.57. The van der Waals surface area contributed by atoms with Crippen molar-refractivity contribution in [2.24, 2.45) is 28.8 Å². The highest BCUT2D eigenvalue weighted by atomic mass is 79.9. The van der Waals surface area contributed by atoms with E-state index in [0.717, 1.165) is 21.5 Å². The molecular formula is C25H22Br2N2O4. The molecule has 2 aromatic carbocycles. The largest absolute Gasteiger partial charge is 0.490 e. The molecule has 0 spiro atoms. The summed E-state index contributed by atoms with van der Waals surface area (Å²) in [5, 5.41) is 5.32. The molecule has 4 atom stereocenters. The van der Waals surface area contributed by atoms with Crippen LogP contribution in [0.3, 0.4) is 0 Å². The van der Waals surface area contributed by atoms with Gasteiger partial charge in [-0.15, -0.1) is 0 Å². The number of rotatable bonds is 7. The lowest BCUT2D eigenvalue weighted by molar-refractivity contribution is -0.140. The van der Waals surface area contributed by atoms with Crippen LogP contribution in [0.25, 0.3) is 0 Å². The first-order chi connectivity index (χ1) is 16.0. The summed E-state index contributed by atoms with van der Waals surface area (Å²) in [6, 6.07) is 11.5. The first-order valence-corrected chi connectivity index (χ1v) is 12.5. The molecule has 5 rings (SSSR count). The van der Waals surface area contributed by atoms with Crippen molar-refractivity contribution in [1.29, 1.82) is 0 Å². The zero-order valence-corrected chi connectivity index (χ0v) is 21.1. The molecule has 2 aliphatic carbocycles. The van der Waals surface area contributed by atoms with Crippen LogP contribution < -0.4 is 9.47 Å². The fraction of sp³-hybridized carbons (Fsp3) is 0.320. The molecule has 1 saturated heterocycles. The number of imide groups is 1. The smallest absolute Gasteiger partial charge is 0.254 e. The molecule has 0 radical (unpaired) electrons. The van der Waals surface area contributed by atoms with Crippen molar-refractivity contribution < 1.29 is 19.1 Å². The maximum absolute atomic E-state index is 12.8. The maximum Gasteiger partial charge on any atom is 0.254 e. The topological polar surface area (TPSA) is 68.2 Å². The van der Waals surface area contributed by atoms with Gasteiger partial charge in [-0.3, -0.25) is 9.59 Å². The van der Waals surface area contributed by atoms with E-state index in [1.165, 1.54) is 6.21 Å². The van der Waals surface area contributed by atoms with Crippen LogP contribution in [0.5, 0.6) is 11.5 Å². The third kappa shape index (κ3) is 4.15. The Balaban J connectivity index is 1.34. The Morgan fingerprint density at radius 1 is 1.03 bits per heavy atom. The van der Waals surface area contributed by atoms with Crippen molar-refractivity contribution >= 4 is 49.9 Å². The standard InChI is InChI=1S/C25H22Br2N2O4/c1-2-32-20-10-15(9-19(27)23(20)33-13-14-3-7-18(26)8-4-14)12-28-29-24(30)21-16-5-6-17(11-16)22(21)25(29)31/h3-10,12,16-17,21-22H,2,11,13H2,1H3/t16-,17-,21-,22+/m0/s1. The summed E-state index contributed by atoms with van der Waals surface area (Å²) in [4.78, 5) is 25.7. The number of fused-ring (bicyclic) bond motifs is 5. The zero-order chi connectivity index (χ0) is 23.1. The summed E-state index contributed by atoms with van der Waals surface area (Å²) in [5.74, 6) is 0.559. The number of benzene rings is 2. The second kappa shape index (κ2) is 9.06. The summed E-state index contributed by atoms with van der Waals surface area (Å²) in [7, 11) is 0. The van der Waals surface area contributed by atoms with Gasteiger partial charge in [0.1, 0.15) is 6.61 Å². The number of allylic oxidation sites excluding steroid dienone is 2. The molecule has 2 bridgehead atoms. The number of hydrazone groups is 1. The Bertz CT molecular complexity index is 1130. The number of nitrogens with zero attached hydrogens (tertiary/aromatic N) is 2. The molecular weight excluding hydrogens is 552 g/mol. The van der Waals surface area contributed by atoms with Crippen LogP contribution in [0.1, 0.15) is 24.5 Å². The summed E-state index contributed by atoms with van der Waals surface area (Å²) < 4.78 is 13.5. The Labute approximate surface area is 208 Å². The predicted octanol–water partition coefficient (Wildman–Crippen LogP) is 5.33. The van der Waals surface area contributed by atoms with Crippen molar-refractivity contribution in [3.8, 4) is 11.5 Å². The van der Waals surface area contributed by atoms with Gasteiger partial charge in [0.25, 0.3) is 11.8 Å². The molecule has 33 heavy (non-hydrogen) atoms. The van der Waals surface area contributed by atoms with Crippen molar-refractivity contribution in [3.05, 3.63) is 68.6 Å². The van der Waals surface area contributed by atoms with Crippen molar-refractivity contribution in [3.63, 3.8) is 0 Å². The number of halogens is 2. The van der Waals surface area contributed by atoms with Crippen LogP contribution in [0.4, 0.5) is 0 Å². The first-order valence-electron chi connectivity index (χ1n) is 10.9. The van der Waals surface area contributed by atoms with Crippen molar-refractivity contribution in [1.82, 2.24) is 5.01 Å². The van der Waals surface area contributed by atoms with Crippen LogP contribution >= 0.6 is 31.9 Å². The number of hydrogen-bond acceptors (Lipinski definition) is 5. The number of hydrogen-bond donors (Lipinski definition) is 0. The minimum absolute atomic E-state index is 0.164. The predicted molar refractivity (Wildman–Crippen MR) is 131 cm³/mol. The summed E-state index contributed by atoms with van der Waals surface area (Å²) in [5.41, 5.74) is 1.72. The molecule has 2 fully saturated rings. The highest BCUT2D eigenvalue weighted by Gasteiger charge is 2.59. The molecule has 1 aliphatic heterocycles. The molecule has 6 nitrogen and oxygen atoms in total. The van der Waals surface area contributed by atoms with Gasteiger partial charge in [-0.1, -0.05) is 40.2 Å². The van der Waals surface area contributed by atoms with Gasteiger partial charge in [-0.25, -0.2) is 0 Å². The van der Waals surface area contributed by atoms with Crippen molar-refractivity contribution in [2.45, 2.75) is 20.0 Å². The molecule has 0 N–H and O–H groups in total. The van der Waals surface area contributed by atoms with E-state index in [9.17, 15) is 9.59 Å². The Kier molecular flexibility index (Phi) is 6.14. The minimum atomic E-state index is -0.259. The molecule has 1 saturated carbocycles. The molecule has 8 heteroatoms. The van der Waals surface area contributed by atoms with E-state index in [1.807, 2.05) is 37.3 Å². The van der Waals surface area contributed by atoms with E-state index in [4.69, 9.17) is 9.47 Å². The lowest BCUT2D eigenvalue weighted by atomic mass is 9.85. The van der Waals surface area contributed by atoms with Gasteiger partial charge in [0.15, 0.2) is 11.5 Å². The number of amides is 2. The highest BCUT2D eigenvalue weighted by Crippen LogP contribution is 2.52. The number of carbonyl (C=O) groups is 2. The quantitative estimate of drug-likeness (QED) is 0.255. The second-order valence-electron chi connectivity index (χ2n) is 8.41. The molecule has 0 aromatic heterocycles. The van der Waals surface area contributed by atoms with Gasteiger partial charge < -0.3 is 9.47 Å². The van der Waals surface area contributed by atoms with E-state index in [0.29, 0.717) is 34.7 Å². The lowest BCUT2D eigenvalue weighted by Crippen LogP contribution is -2.28. The van der Waals surface area contributed by atoms with Crippen LogP contribution in [0.15, 0.2) is 62.6 Å². The van der Waals surface area contributed by atoms with Gasteiger partial charge in [0, 0.05) is 4.47 Å². The van der Waals surface area contributed by atoms with Gasteiger partial charge in [-0.05, 0) is 76.5 Å². The maximum atomic E-state index is 12.8. The monoisotopic (exact) mass is 572 g/mol. The molecule has 170 valence electrons. The fourth-order valence-electron chi connectivity index (χ4n) is 4.93. The third-order valence-electron chi connectivity index (χ3n) is 6.40. The lowest BCUT2D eigenvalue weighted by Gasteiger charge is -2.15.